The third kappa shape index (κ3) is 7.53. The summed E-state index contributed by atoms with van der Waals surface area (Å²) < 4.78 is 5.34. The Morgan fingerprint density at radius 1 is 1.11 bits per heavy atom. The Bertz CT molecular complexity index is 893. The van der Waals surface area contributed by atoms with Gasteiger partial charge in [0.15, 0.2) is 0 Å². The van der Waals surface area contributed by atoms with Crippen LogP contribution in [0, 0.1) is 0 Å². The van der Waals surface area contributed by atoms with Crippen LogP contribution in [0.15, 0.2) is 24.3 Å². The SMILES string of the molecule is CC(C)(C)OC(=O)NC(CS)C(=O)N(C1CCC1)C(C(=O)NC1CCCCC1)c1cccc(O)c1. The average Bonchev–Trinajstić information content (AvgIpc) is 2.75. The third-order valence-corrected chi connectivity index (χ3v) is 6.92. The van der Waals surface area contributed by atoms with Gasteiger partial charge in [-0.05, 0) is 70.6 Å². The molecule has 0 spiro atoms. The Morgan fingerprint density at radius 2 is 1.80 bits per heavy atom. The van der Waals surface area contributed by atoms with Crippen LogP contribution in [0.4, 0.5) is 4.79 Å². The molecule has 0 radical (unpaired) electrons. The highest BCUT2D eigenvalue weighted by atomic mass is 32.1. The van der Waals surface area contributed by atoms with E-state index in [1.165, 1.54) is 12.1 Å². The highest BCUT2D eigenvalue weighted by molar-refractivity contribution is 7.80. The smallest absolute Gasteiger partial charge is 0.408 e. The van der Waals surface area contributed by atoms with E-state index >= 15 is 0 Å². The largest absolute Gasteiger partial charge is 0.508 e. The fourth-order valence-electron chi connectivity index (χ4n) is 4.66. The van der Waals surface area contributed by atoms with Crippen LogP contribution in [-0.2, 0) is 14.3 Å². The van der Waals surface area contributed by atoms with Gasteiger partial charge >= 0.3 is 6.09 Å². The Kier molecular flexibility index (Phi) is 9.33. The molecule has 2 saturated carbocycles. The molecular weight excluding hydrogens is 466 g/mol. The topological polar surface area (TPSA) is 108 Å². The number of phenolic OH excluding ortho intramolecular Hbond substituents is 1. The Labute approximate surface area is 213 Å². The number of benzene rings is 1. The van der Waals surface area contributed by atoms with Crippen LogP contribution in [0.25, 0.3) is 0 Å². The minimum atomic E-state index is -0.962. The lowest BCUT2D eigenvalue weighted by atomic mass is 9.87. The van der Waals surface area contributed by atoms with Crippen molar-refractivity contribution in [1.29, 1.82) is 0 Å². The van der Waals surface area contributed by atoms with Crippen LogP contribution in [0.2, 0.25) is 0 Å². The summed E-state index contributed by atoms with van der Waals surface area (Å²) >= 11 is 4.32. The van der Waals surface area contributed by atoms with Crippen LogP contribution >= 0.6 is 12.6 Å². The van der Waals surface area contributed by atoms with Crippen LogP contribution in [0.5, 0.6) is 5.75 Å². The number of hydrogen-bond donors (Lipinski definition) is 4. The summed E-state index contributed by atoms with van der Waals surface area (Å²) in [5.74, 6) is -0.574. The van der Waals surface area contributed by atoms with E-state index < -0.39 is 23.8 Å². The van der Waals surface area contributed by atoms with Crippen molar-refractivity contribution in [1.82, 2.24) is 15.5 Å². The molecule has 9 heteroatoms. The average molecular weight is 506 g/mol. The molecular formula is C26H39N3O5S. The van der Waals surface area contributed by atoms with Crippen molar-refractivity contribution in [3.8, 4) is 5.75 Å². The second-order valence-corrected chi connectivity index (χ2v) is 10.9. The molecule has 0 aliphatic heterocycles. The minimum Gasteiger partial charge on any atom is -0.508 e. The van der Waals surface area contributed by atoms with Crippen molar-refractivity contribution in [2.75, 3.05) is 5.75 Å². The van der Waals surface area contributed by atoms with Crippen LogP contribution in [-0.4, -0.2) is 57.4 Å². The van der Waals surface area contributed by atoms with Crippen LogP contribution in [0.3, 0.4) is 0 Å². The van der Waals surface area contributed by atoms with Gasteiger partial charge < -0.3 is 25.4 Å². The molecule has 2 aliphatic rings. The summed E-state index contributed by atoms with van der Waals surface area (Å²) in [6.07, 6.45) is 6.89. The maximum Gasteiger partial charge on any atom is 0.408 e. The number of aromatic hydroxyl groups is 1. The summed E-state index contributed by atoms with van der Waals surface area (Å²) in [4.78, 5) is 41.6. The van der Waals surface area contributed by atoms with Crippen molar-refractivity contribution in [3.05, 3.63) is 29.8 Å². The standard InChI is InChI=1S/C26H39N3O5S/c1-26(2,3)34-25(33)28-21(16-35)24(32)29(19-12-8-13-19)22(17-9-7-14-20(30)15-17)23(31)27-18-10-5-4-6-11-18/h7,9,14-15,18-19,21-22,30,35H,4-6,8,10-13,16H2,1-3H3,(H,27,31)(H,28,33). The number of phenols is 1. The number of nitrogens with one attached hydrogen (secondary N) is 2. The zero-order valence-corrected chi connectivity index (χ0v) is 21.9. The molecule has 2 fully saturated rings. The quantitative estimate of drug-likeness (QED) is 0.398. The molecule has 2 unspecified atom stereocenters. The first-order chi connectivity index (χ1) is 16.6. The number of ether oxygens (including phenoxy) is 1. The van der Waals surface area contributed by atoms with Crippen molar-refractivity contribution >= 4 is 30.5 Å². The first-order valence-electron chi connectivity index (χ1n) is 12.6. The number of thiol groups is 1. The molecule has 2 atom stereocenters. The lowest BCUT2D eigenvalue weighted by molar-refractivity contribution is -0.147. The number of alkyl carbamates (subject to hydrolysis) is 1. The fourth-order valence-corrected chi connectivity index (χ4v) is 4.91. The molecule has 0 heterocycles. The molecule has 2 aliphatic carbocycles. The van der Waals surface area contributed by atoms with Gasteiger partial charge in [-0.3, -0.25) is 9.59 Å². The molecule has 35 heavy (non-hydrogen) atoms. The van der Waals surface area contributed by atoms with E-state index in [0.29, 0.717) is 5.56 Å². The Balaban J connectivity index is 1.91. The predicted molar refractivity (Wildman–Crippen MR) is 137 cm³/mol. The highest BCUT2D eigenvalue weighted by Gasteiger charge is 2.42. The van der Waals surface area contributed by atoms with Crippen molar-refractivity contribution in [2.24, 2.45) is 0 Å². The maximum absolute atomic E-state index is 13.9. The third-order valence-electron chi connectivity index (χ3n) is 6.56. The molecule has 3 N–H and O–H groups in total. The first-order valence-corrected chi connectivity index (χ1v) is 13.2. The van der Waals surface area contributed by atoms with Gasteiger partial charge in [-0.2, -0.15) is 12.6 Å². The molecule has 3 amide bonds. The number of hydrogen-bond acceptors (Lipinski definition) is 6. The van der Waals surface area contributed by atoms with Gasteiger partial charge in [-0.15, -0.1) is 0 Å². The fraction of sp³-hybridized carbons (Fsp3) is 0.654. The maximum atomic E-state index is 13.9. The normalized spacial score (nSPS) is 18.6. The summed E-state index contributed by atoms with van der Waals surface area (Å²) in [5.41, 5.74) is -0.180. The molecule has 194 valence electrons. The van der Waals surface area contributed by atoms with Gasteiger partial charge in [-0.1, -0.05) is 31.4 Å². The molecule has 0 bridgehead atoms. The van der Waals surface area contributed by atoms with Gasteiger partial charge in [0, 0.05) is 17.8 Å². The van der Waals surface area contributed by atoms with Crippen molar-refractivity contribution in [3.63, 3.8) is 0 Å². The minimum absolute atomic E-state index is 0.0246. The van der Waals surface area contributed by atoms with Gasteiger partial charge in [0.1, 0.15) is 23.4 Å². The number of amides is 3. The highest BCUT2D eigenvalue weighted by Crippen LogP contribution is 2.35. The zero-order valence-electron chi connectivity index (χ0n) is 21.0. The molecule has 1 aromatic carbocycles. The summed E-state index contributed by atoms with van der Waals surface area (Å²) in [6.45, 7) is 5.24. The number of carbonyl (C=O) groups excluding carboxylic acids is 3. The number of nitrogens with zero attached hydrogens (tertiary/aromatic N) is 1. The molecule has 8 nitrogen and oxygen atoms in total. The van der Waals surface area contributed by atoms with Gasteiger partial charge in [-0.25, -0.2) is 4.79 Å². The van der Waals surface area contributed by atoms with E-state index in [2.05, 4.69) is 23.3 Å². The Morgan fingerprint density at radius 3 is 2.34 bits per heavy atom. The van der Waals surface area contributed by atoms with Crippen LogP contribution < -0.4 is 10.6 Å². The van der Waals surface area contributed by atoms with Gasteiger partial charge in [0.2, 0.25) is 11.8 Å². The van der Waals surface area contributed by atoms with Crippen LogP contribution in [0.1, 0.15) is 83.7 Å². The second-order valence-electron chi connectivity index (χ2n) is 10.6. The van der Waals surface area contributed by atoms with E-state index in [1.807, 2.05) is 0 Å². The van der Waals surface area contributed by atoms with Gasteiger partial charge in [0.25, 0.3) is 0 Å². The summed E-state index contributed by atoms with van der Waals surface area (Å²) in [7, 11) is 0. The zero-order chi connectivity index (χ0) is 25.6. The van der Waals surface area contributed by atoms with E-state index in [0.717, 1.165) is 51.4 Å². The van der Waals surface area contributed by atoms with E-state index in [4.69, 9.17) is 4.74 Å². The lowest BCUT2D eigenvalue weighted by Crippen LogP contribution is -2.58. The summed E-state index contributed by atoms with van der Waals surface area (Å²) in [6, 6.07) is 4.52. The lowest BCUT2D eigenvalue weighted by Gasteiger charge is -2.44. The molecule has 0 saturated heterocycles. The van der Waals surface area contributed by atoms with Crippen molar-refractivity contribution < 1.29 is 24.2 Å². The first kappa shape index (κ1) is 27.2. The number of carbonyl (C=O) groups is 3. The molecule has 3 rings (SSSR count). The monoisotopic (exact) mass is 505 g/mol. The van der Waals surface area contributed by atoms with Gasteiger partial charge in [0.05, 0.1) is 0 Å². The van der Waals surface area contributed by atoms with E-state index in [1.54, 1.807) is 37.8 Å². The van der Waals surface area contributed by atoms with E-state index in [9.17, 15) is 19.5 Å². The molecule has 1 aromatic rings. The molecule has 0 aromatic heterocycles. The second kappa shape index (κ2) is 12.0. The summed E-state index contributed by atoms with van der Waals surface area (Å²) in [5, 5.41) is 16.0. The number of rotatable bonds is 8. The Hall–Kier alpha value is -2.42. The van der Waals surface area contributed by atoms with Crippen molar-refractivity contribution in [2.45, 2.75) is 102 Å². The predicted octanol–water partition coefficient (Wildman–Crippen LogP) is 4.09. The van der Waals surface area contributed by atoms with E-state index in [-0.39, 0.29) is 35.4 Å².